The number of Topliss-reactive ketones (excluding diaryl/α,β-unsaturated/α-hetero) is 1. The minimum Gasteiger partial charge on any atom is -0.493 e. The van der Waals surface area contributed by atoms with Gasteiger partial charge in [-0.15, -0.1) is 0 Å². The fraction of sp³-hybridized carbons (Fsp3) is 0.273. The van der Waals surface area contributed by atoms with Gasteiger partial charge in [0, 0.05) is 11.6 Å². The average Bonchev–Trinajstić information content (AvgIpc) is 3.02. The summed E-state index contributed by atoms with van der Waals surface area (Å²) in [6.45, 7) is 3.37. The van der Waals surface area contributed by atoms with Crippen molar-refractivity contribution in [1.82, 2.24) is 0 Å². The molecule has 0 fully saturated rings. The molecular formula is C22H22O7. The van der Waals surface area contributed by atoms with Gasteiger partial charge >= 0.3 is 5.97 Å². The van der Waals surface area contributed by atoms with Crippen molar-refractivity contribution in [3.8, 4) is 23.0 Å². The molecule has 1 aliphatic heterocycles. The van der Waals surface area contributed by atoms with E-state index in [1.54, 1.807) is 57.4 Å². The molecule has 0 saturated carbocycles. The lowest BCUT2D eigenvalue weighted by atomic mass is 10.0. The Morgan fingerprint density at radius 1 is 1.14 bits per heavy atom. The highest BCUT2D eigenvalue weighted by Gasteiger charge is 2.31. The first-order valence-corrected chi connectivity index (χ1v) is 8.94. The molecule has 7 heteroatoms. The van der Waals surface area contributed by atoms with Crippen LogP contribution in [0.1, 0.15) is 28.4 Å². The number of hydrogen-bond acceptors (Lipinski definition) is 7. The van der Waals surface area contributed by atoms with Crippen LogP contribution < -0.4 is 18.9 Å². The van der Waals surface area contributed by atoms with Gasteiger partial charge in [0.15, 0.2) is 23.4 Å². The summed E-state index contributed by atoms with van der Waals surface area (Å²) in [5, 5.41) is 0. The molecule has 0 radical (unpaired) electrons. The molecule has 2 aromatic carbocycles. The van der Waals surface area contributed by atoms with Crippen LogP contribution in [0.5, 0.6) is 23.0 Å². The first kappa shape index (κ1) is 20.3. The largest absolute Gasteiger partial charge is 0.493 e. The third kappa shape index (κ3) is 3.89. The van der Waals surface area contributed by atoms with Gasteiger partial charge in [-0.3, -0.25) is 4.79 Å². The van der Waals surface area contributed by atoms with E-state index in [0.717, 1.165) is 0 Å². The summed E-state index contributed by atoms with van der Waals surface area (Å²) in [4.78, 5) is 24.5. The number of aryl methyl sites for hydroxylation is 1. The third-order valence-electron chi connectivity index (χ3n) is 4.51. The van der Waals surface area contributed by atoms with E-state index in [1.807, 2.05) is 0 Å². The minimum atomic E-state index is -0.786. The maximum Gasteiger partial charge on any atom is 0.346 e. The van der Waals surface area contributed by atoms with E-state index >= 15 is 0 Å². The Bertz CT molecular complexity index is 991. The lowest BCUT2D eigenvalue weighted by molar-refractivity contribution is -0.147. The molecule has 0 spiro atoms. The van der Waals surface area contributed by atoms with Crippen LogP contribution in [0.15, 0.2) is 36.1 Å². The van der Waals surface area contributed by atoms with Gasteiger partial charge in [-0.25, -0.2) is 4.79 Å². The van der Waals surface area contributed by atoms with Crippen LogP contribution in [0, 0.1) is 6.92 Å². The third-order valence-corrected chi connectivity index (χ3v) is 4.51. The molecule has 0 saturated heterocycles. The summed E-state index contributed by atoms with van der Waals surface area (Å²) in [7, 11) is 4.37. The van der Waals surface area contributed by atoms with Crippen LogP contribution in [-0.4, -0.2) is 39.2 Å². The van der Waals surface area contributed by atoms with Crippen molar-refractivity contribution in [3.63, 3.8) is 0 Å². The summed E-state index contributed by atoms with van der Waals surface area (Å²) < 4.78 is 26.8. The highest BCUT2D eigenvalue weighted by Crippen LogP contribution is 2.39. The molecule has 7 nitrogen and oxygen atoms in total. The number of fused-ring (bicyclic) bond motifs is 1. The zero-order valence-electron chi connectivity index (χ0n) is 16.9. The number of rotatable bonds is 6. The fourth-order valence-corrected chi connectivity index (χ4v) is 3.13. The Morgan fingerprint density at radius 2 is 1.90 bits per heavy atom. The minimum absolute atomic E-state index is 0.160. The van der Waals surface area contributed by atoms with Crippen molar-refractivity contribution in [2.45, 2.75) is 20.0 Å². The topological polar surface area (TPSA) is 80.3 Å². The first-order chi connectivity index (χ1) is 13.9. The normalized spacial score (nSPS) is 14.8. The number of esters is 1. The summed E-state index contributed by atoms with van der Waals surface area (Å²) in [5.41, 5.74) is 1.79. The molecule has 152 valence electrons. The molecular weight excluding hydrogens is 376 g/mol. The molecule has 0 aromatic heterocycles. The van der Waals surface area contributed by atoms with Crippen molar-refractivity contribution < 1.29 is 33.3 Å². The maximum atomic E-state index is 12.9. The molecule has 1 heterocycles. The predicted molar refractivity (Wildman–Crippen MR) is 106 cm³/mol. The Kier molecular flexibility index (Phi) is 5.77. The number of para-hydroxylation sites is 1. The van der Waals surface area contributed by atoms with Gasteiger partial charge < -0.3 is 23.7 Å². The molecule has 1 unspecified atom stereocenters. The first-order valence-electron chi connectivity index (χ1n) is 8.94. The number of hydrogen-bond donors (Lipinski definition) is 0. The number of carbonyl (C=O) groups excluding carboxylic acids is 2. The van der Waals surface area contributed by atoms with E-state index in [9.17, 15) is 9.59 Å². The molecule has 0 N–H and O–H groups in total. The number of benzene rings is 2. The lowest BCUT2D eigenvalue weighted by Gasteiger charge is -2.13. The van der Waals surface area contributed by atoms with E-state index in [1.165, 1.54) is 14.2 Å². The average molecular weight is 398 g/mol. The molecule has 2 aromatic rings. The van der Waals surface area contributed by atoms with Gasteiger partial charge in [-0.05, 0) is 37.6 Å². The van der Waals surface area contributed by atoms with Crippen LogP contribution in [0.25, 0.3) is 6.08 Å². The van der Waals surface area contributed by atoms with Gasteiger partial charge in [0.25, 0.3) is 0 Å². The second-order valence-corrected chi connectivity index (χ2v) is 6.42. The molecule has 0 amide bonds. The second-order valence-electron chi connectivity index (χ2n) is 6.42. The Labute approximate surface area is 168 Å². The smallest absolute Gasteiger partial charge is 0.346 e. The predicted octanol–water partition coefficient (Wildman–Crippen LogP) is 3.57. The molecule has 1 aliphatic rings. The number of carbonyl (C=O) groups is 2. The monoisotopic (exact) mass is 398 g/mol. The zero-order chi connectivity index (χ0) is 21.1. The van der Waals surface area contributed by atoms with Crippen LogP contribution in [0.4, 0.5) is 0 Å². The highest BCUT2D eigenvalue weighted by atomic mass is 16.6. The van der Waals surface area contributed by atoms with E-state index in [0.29, 0.717) is 39.7 Å². The number of ketones is 1. The Morgan fingerprint density at radius 3 is 2.55 bits per heavy atom. The summed E-state index contributed by atoms with van der Waals surface area (Å²) in [6.07, 6.45) is 0.825. The molecule has 0 bridgehead atoms. The van der Waals surface area contributed by atoms with E-state index in [4.69, 9.17) is 18.9 Å². The maximum absolute atomic E-state index is 12.9. The Balaban J connectivity index is 1.94. The van der Waals surface area contributed by atoms with Crippen molar-refractivity contribution in [2.24, 2.45) is 0 Å². The van der Waals surface area contributed by atoms with Gasteiger partial charge in [0.2, 0.25) is 5.78 Å². The standard InChI is InChI=1S/C22H22O7/c1-12-9-15(28-13(2)22(24)27-5)11-17-19(12)20(23)18(29-17)10-14-7-6-8-16(25-3)21(14)26-4/h6-11,13H,1-5H3/b18-10-. The van der Waals surface area contributed by atoms with Crippen LogP contribution >= 0.6 is 0 Å². The number of allylic oxidation sites excluding steroid dienone is 1. The van der Waals surface area contributed by atoms with E-state index in [-0.39, 0.29) is 11.5 Å². The van der Waals surface area contributed by atoms with Gasteiger partial charge in [0.05, 0.1) is 26.9 Å². The molecule has 29 heavy (non-hydrogen) atoms. The zero-order valence-corrected chi connectivity index (χ0v) is 16.9. The fourth-order valence-electron chi connectivity index (χ4n) is 3.13. The lowest BCUT2D eigenvalue weighted by Crippen LogP contribution is -2.24. The van der Waals surface area contributed by atoms with Gasteiger partial charge in [-0.2, -0.15) is 0 Å². The number of ether oxygens (including phenoxy) is 5. The van der Waals surface area contributed by atoms with Crippen molar-refractivity contribution in [2.75, 3.05) is 21.3 Å². The molecule has 0 aliphatic carbocycles. The summed E-state index contributed by atoms with van der Waals surface area (Å²) >= 11 is 0. The van der Waals surface area contributed by atoms with E-state index in [2.05, 4.69) is 4.74 Å². The molecule has 3 rings (SSSR count). The SMILES string of the molecule is COC(=O)C(C)Oc1cc(C)c2c(c1)O/C(=C\c1cccc(OC)c1OC)C2=O. The summed E-state index contributed by atoms with van der Waals surface area (Å²) in [6, 6.07) is 8.64. The quantitative estimate of drug-likeness (QED) is 0.544. The Hall–Kier alpha value is -3.48. The van der Waals surface area contributed by atoms with E-state index < -0.39 is 12.1 Å². The van der Waals surface area contributed by atoms with Crippen molar-refractivity contribution in [3.05, 3.63) is 52.8 Å². The summed E-state index contributed by atoms with van der Waals surface area (Å²) in [5.74, 6) is 1.26. The molecule has 1 atom stereocenters. The second kappa shape index (κ2) is 8.26. The van der Waals surface area contributed by atoms with Gasteiger partial charge in [0.1, 0.15) is 11.5 Å². The van der Waals surface area contributed by atoms with Crippen LogP contribution in [0.3, 0.4) is 0 Å². The van der Waals surface area contributed by atoms with Crippen LogP contribution in [-0.2, 0) is 9.53 Å². The van der Waals surface area contributed by atoms with Crippen LogP contribution in [0.2, 0.25) is 0 Å². The van der Waals surface area contributed by atoms with Crippen molar-refractivity contribution >= 4 is 17.8 Å². The van der Waals surface area contributed by atoms with Gasteiger partial charge in [-0.1, -0.05) is 12.1 Å². The number of methoxy groups -OCH3 is 3. The highest BCUT2D eigenvalue weighted by molar-refractivity contribution is 6.15. The van der Waals surface area contributed by atoms with Crippen molar-refractivity contribution in [1.29, 1.82) is 0 Å².